The number of methoxy groups -OCH3 is 1. The van der Waals surface area contributed by atoms with Crippen molar-refractivity contribution < 1.29 is 9.13 Å². The monoisotopic (exact) mass is 303 g/mol. The quantitative estimate of drug-likeness (QED) is 0.862. The Labute approximate surface area is 128 Å². The lowest BCUT2D eigenvalue weighted by atomic mass is 10.2. The first kappa shape index (κ1) is 14.4. The van der Waals surface area contributed by atoms with Crippen molar-refractivity contribution in [2.45, 2.75) is 35.2 Å². The molecule has 0 spiro atoms. The SMILES string of the molecule is COc1ccc(Sc2ccc(CNC3CC3)cc2F)cc1. The maximum absolute atomic E-state index is 14.1. The molecule has 4 heteroatoms. The third-order valence-electron chi connectivity index (χ3n) is 3.46. The van der Waals surface area contributed by atoms with Crippen LogP contribution >= 0.6 is 11.8 Å². The summed E-state index contributed by atoms with van der Waals surface area (Å²) < 4.78 is 19.3. The molecule has 21 heavy (non-hydrogen) atoms. The zero-order chi connectivity index (χ0) is 14.7. The predicted molar refractivity (Wildman–Crippen MR) is 83.4 cm³/mol. The van der Waals surface area contributed by atoms with Gasteiger partial charge in [0.25, 0.3) is 0 Å². The van der Waals surface area contributed by atoms with Crippen LogP contribution in [0.25, 0.3) is 0 Å². The van der Waals surface area contributed by atoms with Gasteiger partial charge in [-0.2, -0.15) is 0 Å². The summed E-state index contributed by atoms with van der Waals surface area (Å²) >= 11 is 1.43. The fourth-order valence-corrected chi connectivity index (χ4v) is 2.88. The van der Waals surface area contributed by atoms with Crippen LogP contribution in [-0.2, 0) is 6.54 Å². The van der Waals surface area contributed by atoms with Crippen LogP contribution in [0.5, 0.6) is 5.75 Å². The Hall–Kier alpha value is -1.52. The highest BCUT2D eigenvalue weighted by Gasteiger charge is 2.20. The van der Waals surface area contributed by atoms with Crippen LogP contribution in [0.3, 0.4) is 0 Å². The number of hydrogen-bond acceptors (Lipinski definition) is 3. The minimum atomic E-state index is -0.161. The van der Waals surface area contributed by atoms with E-state index in [1.807, 2.05) is 36.4 Å². The van der Waals surface area contributed by atoms with E-state index < -0.39 is 0 Å². The first-order valence-electron chi connectivity index (χ1n) is 7.08. The van der Waals surface area contributed by atoms with E-state index in [1.54, 1.807) is 13.2 Å². The van der Waals surface area contributed by atoms with Crippen molar-refractivity contribution in [2.75, 3.05) is 7.11 Å². The van der Waals surface area contributed by atoms with Gasteiger partial charge in [-0.05, 0) is 54.8 Å². The van der Waals surface area contributed by atoms with Gasteiger partial charge in [0.1, 0.15) is 11.6 Å². The molecular formula is C17H18FNOS. The average Bonchev–Trinajstić information content (AvgIpc) is 3.33. The second-order valence-electron chi connectivity index (χ2n) is 5.20. The average molecular weight is 303 g/mol. The minimum absolute atomic E-state index is 0.161. The van der Waals surface area contributed by atoms with Crippen molar-refractivity contribution in [2.24, 2.45) is 0 Å². The molecule has 110 valence electrons. The molecule has 3 rings (SSSR count). The van der Waals surface area contributed by atoms with Gasteiger partial charge in [-0.1, -0.05) is 17.8 Å². The van der Waals surface area contributed by atoms with Crippen molar-refractivity contribution in [3.63, 3.8) is 0 Å². The normalized spacial score (nSPS) is 14.2. The van der Waals surface area contributed by atoms with E-state index in [9.17, 15) is 4.39 Å². The van der Waals surface area contributed by atoms with Gasteiger partial charge in [-0.15, -0.1) is 0 Å². The largest absolute Gasteiger partial charge is 0.497 e. The van der Waals surface area contributed by atoms with Crippen LogP contribution in [0.2, 0.25) is 0 Å². The molecule has 0 aromatic heterocycles. The van der Waals surface area contributed by atoms with E-state index >= 15 is 0 Å². The van der Waals surface area contributed by atoms with E-state index in [2.05, 4.69) is 5.32 Å². The van der Waals surface area contributed by atoms with Crippen molar-refractivity contribution in [3.8, 4) is 5.75 Å². The maximum Gasteiger partial charge on any atom is 0.137 e. The molecule has 0 heterocycles. The summed E-state index contributed by atoms with van der Waals surface area (Å²) in [6.45, 7) is 0.745. The molecule has 1 saturated carbocycles. The van der Waals surface area contributed by atoms with Crippen LogP contribution < -0.4 is 10.1 Å². The van der Waals surface area contributed by atoms with E-state index in [0.717, 1.165) is 22.8 Å². The smallest absolute Gasteiger partial charge is 0.137 e. The summed E-state index contributed by atoms with van der Waals surface area (Å²) in [5, 5.41) is 3.39. The Morgan fingerprint density at radius 2 is 1.95 bits per heavy atom. The van der Waals surface area contributed by atoms with Crippen molar-refractivity contribution >= 4 is 11.8 Å². The molecule has 2 aromatic rings. The first-order chi connectivity index (χ1) is 10.2. The molecule has 0 unspecified atom stereocenters. The Balaban J connectivity index is 1.66. The van der Waals surface area contributed by atoms with Gasteiger partial charge in [0.2, 0.25) is 0 Å². The van der Waals surface area contributed by atoms with Crippen LogP contribution in [0.1, 0.15) is 18.4 Å². The molecule has 0 radical (unpaired) electrons. The Morgan fingerprint density at radius 1 is 1.19 bits per heavy atom. The lowest BCUT2D eigenvalue weighted by molar-refractivity contribution is 0.414. The number of halogens is 1. The standard InChI is InChI=1S/C17H18FNOS/c1-20-14-5-7-15(8-6-14)21-17-9-2-12(10-16(17)18)11-19-13-3-4-13/h2,5-10,13,19H,3-4,11H2,1H3. The summed E-state index contributed by atoms with van der Waals surface area (Å²) in [6, 6.07) is 13.8. The van der Waals surface area contributed by atoms with Gasteiger partial charge in [-0.3, -0.25) is 0 Å². The highest BCUT2D eigenvalue weighted by atomic mass is 32.2. The topological polar surface area (TPSA) is 21.3 Å². The Bertz CT molecular complexity index is 611. The summed E-state index contributed by atoms with van der Waals surface area (Å²) in [5.41, 5.74) is 0.999. The van der Waals surface area contributed by atoms with Gasteiger partial charge in [0.05, 0.1) is 7.11 Å². The van der Waals surface area contributed by atoms with Crippen molar-refractivity contribution in [1.29, 1.82) is 0 Å². The molecule has 2 nitrogen and oxygen atoms in total. The predicted octanol–water partition coefficient (Wildman–Crippen LogP) is 4.24. The van der Waals surface area contributed by atoms with Gasteiger partial charge in [0.15, 0.2) is 0 Å². The number of rotatable bonds is 6. The molecule has 0 amide bonds. The van der Waals surface area contributed by atoms with Gasteiger partial charge in [0, 0.05) is 22.4 Å². The third-order valence-corrected chi connectivity index (χ3v) is 4.51. The molecular weight excluding hydrogens is 285 g/mol. The first-order valence-corrected chi connectivity index (χ1v) is 7.90. The van der Waals surface area contributed by atoms with Crippen molar-refractivity contribution in [3.05, 3.63) is 53.8 Å². The number of ether oxygens (including phenoxy) is 1. The van der Waals surface area contributed by atoms with Gasteiger partial charge < -0.3 is 10.1 Å². The fraction of sp³-hybridized carbons (Fsp3) is 0.294. The fourth-order valence-electron chi connectivity index (χ4n) is 2.06. The summed E-state index contributed by atoms with van der Waals surface area (Å²) in [4.78, 5) is 1.65. The van der Waals surface area contributed by atoms with Gasteiger partial charge in [-0.25, -0.2) is 4.39 Å². The second-order valence-corrected chi connectivity index (χ2v) is 6.31. The number of hydrogen-bond donors (Lipinski definition) is 1. The lowest BCUT2D eigenvalue weighted by Gasteiger charge is -2.07. The van der Waals surface area contributed by atoms with Crippen LogP contribution in [-0.4, -0.2) is 13.2 Å². The summed E-state index contributed by atoms with van der Waals surface area (Å²) in [5.74, 6) is 0.646. The number of nitrogens with one attached hydrogen (secondary N) is 1. The van der Waals surface area contributed by atoms with E-state index in [0.29, 0.717) is 10.9 Å². The van der Waals surface area contributed by atoms with E-state index in [1.165, 1.54) is 24.6 Å². The summed E-state index contributed by atoms with van der Waals surface area (Å²) in [6.07, 6.45) is 2.49. The zero-order valence-electron chi connectivity index (χ0n) is 11.9. The molecule has 0 atom stereocenters. The Morgan fingerprint density at radius 3 is 2.57 bits per heavy atom. The molecule has 0 saturated heterocycles. The molecule has 1 aliphatic rings. The summed E-state index contributed by atoms with van der Waals surface area (Å²) in [7, 11) is 1.64. The van der Waals surface area contributed by atoms with E-state index in [-0.39, 0.29) is 5.82 Å². The van der Waals surface area contributed by atoms with Crippen LogP contribution in [0.15, 0.2) is 52.3 Å². The zero-order valence-corrected chi connectivity index (χ0v) is 12.8. The maximum atomic E-state index is 14.1. The second kappa shape index (κ2) is 6.50. The van der Waals surface area contributed by atoms with Crippen LogP contribution in [0, 0.1) is 5.82 Å². The van der Waals surface area contributed by atoms with Crippen molar-refractivity contribution in [1.82, 2.24) is 5.32 Å². The molecule has 1 N–H and O–H groups in total. The molecule has 0 bridgehead atoms. The highest BCUT2D eigenvalue weighted by molar-refractivity contribution is 7.99. The van der Waals surface area contributed by atoms with E-state index in [4.69, 9.17) is 4.74 Å². The Kier molecular flexibility index (Phi) is 4.46. The lowest BCUT2D eigenvalue weighted by Crippen LogP contribution is -2.15. The molecule has 0 aliphatic heterocycles. The highest BCUT2D eigenvalue weighted by Crippen LogP contribution is 2.31. The molecule has 1 fully saturated rings. The molecule has 2 aromatic carbocycles. The van der Waals surface area contributed by atoms with Gasteiger partial charge >= 0.3 is 0 Å². The molecule has 1 aliphatic carbocycles. The number of benzene rings is 2. The van der Waals surface area contributed by atoms with Crippen LogP contribution in [0.4, 0.5) is 4.39 Å². The minimum Gasteiger partial charge on any atom is -0.497 e. The third kappa shape index (κ3) is 3.99.